The number of nitrogen functional groups attached to an aromatic ring is 1. The van der Waals surface area contributed by atoms with Crippen LogP contribution in [0.15, 0.2) is 18.5 Å². The molecule has 0 bridgehead atoms. The fraction of sp³-hybridized carbons (Fsp3) is 0.824. The third-order valence-corrected chi connectivity index (χ3v) is 8.76. The lowest BCUT2D eigenvalue weighted by atomic mass is 10.0. The Morgan fingerprint density at radius 1 is 0.907 bits per heavy atom. The lowest BCUT2D eigenvalue weighted by Gasteiger charge is -2.43. The summed E-state index contributed by atoms with van der Waals surface area (Å²) in [4.78, 5) is 20.8. The number of unbranched alkanes of at least 4 members (excludes halogenated alkanes) is 14. The molecule has 43 heavy (non-hydrogen) atoms. The van der Waals surface area contributed by atoms with Gasteiger partial charge in [-0.3, -0.25) is 14.7 Å². The second-order valence-corrected chi connectivity index (χ2v) is 12.4. The molecule has 2 aliphatic rings. The molecule has 2 saturated heterocycles. The maximum absolute atomic E-state index is 11.8. The monoisotopic (exact) mass is 604 g/mol. The number of rotatable bonds is 22. The SMILES string of the molecule is CCCCCCCCCCCCCCCCNC(=O)[C@@H](N)CCCCN.Nc1ccncc1N1CCN(C2COC2)CC1. The van der Waals surface area contributed by atoms with Crippen LogP contribution in [0.1, 0.15) is 116 Å². The molecule has 0 radical (unpaired) electrons. The third kappa shape index (κ3) is 16.6. The summed E-state index contributed by atoms with van der Waals surface area (Å²) < 4.78 is 5.23. The number of piperazine rings is 1. The zero-order valence-electron chi connectivity index (χ0n) is 27.5. The molecular formula is C34H65N7O2. The van der Waals surface area contributed by atoms with E-state index >= 15 is 0 Å². The fourth-order valence-electron chi connectivity index (χ4n) is 5.73. The van der Waals surface area contributed by atoms with Crippen molar-refractivity contribution in [2.45, 2.75) is 128 Å². The van der Waals surface area contributed by atoms with E-state index in [0.717, 1.165) is 83.0 Å². The van der Waals surface area contributed by atoms with E-state index in [0.29, 0.717) is 12.6 Å². The van der Waals surface area contributed by atoms with Crippen LogP contribution in [0.5, 0.6) is 0 Å². The van der Waals surface area contributed by atoms with Crippen molar-refractivity contribution >= 4 is 17.3 Å². The van der Waals surface area contributed by atoms with Crippen LogP contribution in [-0.4, -0.2) is 80.4 Å². The summed E-state index contributed by atoms with van der Waals surface area (Å²) in [5.41, 5.74) is 19.2. The molecule has 1 amide bonds. The van der Waals surface area contributed by atoms with Gasteiger partial charge in [-0.05, 0) is 31.9 Å². The van der Waals surface area contributed by atoms with Gasteiger partial charge in [0.15, 0.2) is 0 Å². The number of hydrogen-bond acceptors (Lipinski definition) is 8. The van der Waals surface area contributed by atoms with Gasteiger partial charge in [0.25, 0.3) is 0 Å². The van der Waals surface area contributed by atoms with E-state index in [1.54, 1.807) is 6.20 Å². The van der Waals surface area contributed by atoms with Gasteiger partial charge < -0.3 is 32.2 Å². The van der Waals surface area contributed by atoms with Gasteiger partial charge in [0.05, 0.1) is 42.9 Å². The van der Waals surface area contributed by atoms with Gasteiger partial charge in [0.2, 0.25) is 5.91 Å². The summed E-state index contributed by atoms with van der Waals surface area (Å²) in [6, 6.07) is 2.14. The first-order chi connectivity index (χ1) is 21.1. The standard InChI is InChI=1S/C22H47N3O.C12H18N4O/c1-2-3-4-5-6-7-8-9-10-11-12-13-14-17-20-25-22(26)21(24)18-15-16-19-23;13-11-1-2-14-7-12(11)16-5-3-15(4-6-16)10-8-17-9-10/h21H,2-20,23-24H2,1H3,(H,25,26);1-2,7,10H,3-6,8-9H2,(H2,13,14)/t21-;/m0./s1. The molecule has 3 rings (SSSR count). The molecule has 9 nitrogen and oxygen atoms in total. The van der Waals surface area contributed by atoms with Crippen molar-refractivity contribution in [3.63, 3.8) is 0 Å². The number of aromatic nitrogens is 1. The molecular weight excluding hydrogens is 538 g/mol. The van der Waals surface area contributed by atoms with Gasteiger partial charge in [0.1, 0.15) is 0 Å². The molecule has 9 heteroatoms. The van der Waals surface area contributed by atoms with Crippen molar-refractivity contribution < 1.29 is 9.53 Å². The first-order valence-electron chi connectivity index (χ1n) is 17.6. The highest BCUT2D eigenvalue weighted by molar-refractivity contribution is 5.81. The molecule has 0 unspecified atom stereocenters. The second kappa shape index (κ2) is 24.4. The summed E-state index contributed by atoms with van der Waals surface area (Å²) >= 11 is 0. The van der Waals surface area contributed by atoms with Crippen LogP contribution < -0.4 is 27.4 Å². The lowest BCUT2D eigenvalue weighted by molar-refractivity contribution is -0.122. The molecule has 7 N–H and O–H groups in total. The lowest BCUT2D eigenvalue weighted by Crippen LogP contribution is -2.56. The van der Waals surface area contributed by atoms with Crippen LogP contribution in [-0.2, 0) is 9.53 Å². The van der Waals surface area contributed by atoms with Crippen molar-refractivity contribution in [1.29, 1.82) is 0 Å². The number of ether oxygens (including phenoxy) is 1. The highest BCUT2D eigenvalue weighted by Gasteiger charge is 2.29. The average molecular weight is 604 g/mol. The molecule has 0 aliphatic carbocycles. The Labute approximate surface area is 263 Å². The number of nitrogens with two attached hydrogens (primary N) is 3. The summed E-state index contributed by atoms with van der Waals surface area (Å²) in [5.74, 6) is -0.00304. The molecule has 0 spiro atoms. The number of carbonyl (C=O) groups is 1. The second-order valence-electron chi connectivity index (χ2n) is 12.4. The van der Waals surface area contributed by atoms with E-state index in [2.05, 4.69) is 27.0 Å². The predicted molar refractivity (Wildman–Crippen MR) is 181 cm³/mol. The zero-order valence-corrected chi connectivity index (χ0v) is 27.5. The maximum Gasteiger partial charge on any atom is 0.236 e. The zero-order chi connectivity index (χ0) is 31.0. The fourth-order valence-corrected chi connectivity index (χ4v) is 5.73. The number of nitrogens with one attached hydrogen (secondary N) is 1. The van der Waals surface area contributed by atoms with E-state index in [1.807, 2.05) is 12.3 Å². The Hall–Kier alpha value is -1.94. The number of hydrogen-bond donors (Lipinski definition) is 4. The van der Waals surface area contributed by atoms with Gasteiger partial charge in [-0.15, -0.1) is 0 Å². The van der Waals surface area contributed by atoms with Crippen molar-refractivity contribution in [1.82, 2.24) is 15.2 Å². The van der Waals surface area contributed by atoms with Gasteiger partial charge in [0, 0.05) is 38.9 Å². The first kappa shape index (κ1) is 37.2. The van der Waals surface area contributed by atoms with Crippen molar-refractivity contribution in [2.24, 2.45) is 11.5 Å². The van der Waals surface area contributed by atoms with Crippen LogP contribution in [0.3, 0.4) is 0 Å². The Balaban J connectivity index is 0.000000323. The molecule has 3 heterocycles. The van der Waals surface area contributed by atoms with Crippen LogP contribution in [0.4, 0.5) is 11.4 Å². The van der Waals surface area contributed by atoms with Crippen LogP contribution >= 0.6 is 0 Å². The van der Waals surface area contributed by atoms with E-state index < -0.39 is 0 Å². The molecule has 0 aromatic carbocycles. The summed E-state index contributed by atoms with van der Waals surface area (Å²) in [6.07, 6.45) is 25.2. The van der Waals surface area contributed by atoms with Crippen LogP contribution in [0, 0.1) is 0 Å². The van der Waals surface area contributed by atoms with Crippen LogP contribution in [0.25, 0.3) is 0 Å². The highest BCUT2D eigenvalue weighted by Crippen LogP contribution is 2.23. The van der Waals surface area contributed by atoms with Gasteiger partial charge in [-0.2, -0.15) is 0 Å². The smallest absolute Gasteiger partial charge is 0.236 e. The van der Waals surface area contributed by atoms with E-state index in [4.69, 9.17) is 21.9 Å². The largest absolute Gasteiger partial charge is 0.397 e. The minimum absolute atomic E-state index is 0.00304. The van der Waals surface area contributed by atoms with E-state index in [1.165, 1.54) is 83.5 Å². The molecule has 1 aromatic rings. The van der Waals surface area contributed by atoms with Crippen LogP contribution in [0.2, 0.25) is 0 Å². The predicted octanol–water partition coefficient (Wildman–Crippen LogP) is 5.22. The molecule has 2 fully saturated rings. The topological polar surface area (TPSA) is 136 Å². The summed E-state index contributed by atoms with van der Waals surface area (Å²) in [7, 11) is 0. The Morgan fingerprint density at radius 3 is 2.00 bits per heavy atom. The number of amides is 1. The quantitative estimate of drug-likeness (QED) is 0.132. The summed E-state index contributed by atoms with van der Waals surface area (Å²) in [5, 5.41) is 2.96. The van der Waals surface area contributed by atoms with Crippen molar-refractivity contribution in [3.8, 4) is 0 Å². The third-order valence-electron chi connectivity index (χ3n) is 8.76. The highest BCUT2D eigenvalue weighted by atomic mass is 16.5. The van der Waals surface area contributed by atoms with Crippen molar-refractivity contribution in [2.75, 3.05) is 63.1 Å². The first-order valence-corrected chi connectivity index (χ1v) is 17.6. The average Bonchev–Trinajstić information content (AvgIpc) is 2.99. The van der Waals surface area contributed by atoms with E-state index in [9.17, 15) is 4.79 Å². The van der Waals surface area contributed by atoms with E-state index in [-0.39, 0.29) is 11.9 Å². The van der Waals surface area contributed by atoms with Gasteiger partial charge >= 0.3 is 0 Å². The number of carbonyl (C=O) groups excluding carboxylic acids is 1. The summed E-state index contributed by atoms with van der Waals surface area (Å²) in [6.45, 7) is 9.72. The Kier molecular flexibility index (Phi) is 21.1. The molecule has 1 atom stereocenters. The number of pyridine rings is 1. The minimum atomic E-state index is -0.367. The minimum Gasteiger partial charge on any atom is -0.397 e. The van der Waals surface area contributed by atoms with Gasteiger partial charge in [-0.1, -0.05) is 96.8 Å². The Morgan fingerprint density at radius 2 is 1.49 bits per heavy atom. The normalized spacial score (nSPS) is 16.3. The van der Waals surface area contributed by atoms with Crippen molar-refractivity contribution in [3.05, 3.63) is 18.5 Å². The van der Waals surface area contributed by atoms with Gasteiger partial charge in [-0.25, -0.2) is 0 Å². The number of anilines is 2. The molecule has 248 valence electrons. The molecule has 2 aliphatic heterocycles. The maximum atomic E-state index is 11.8. The molecule has 0 saturated carbocycles. The molecule has 1 aromatic heterocycles. The number of nitrogens with zero attached hydrogens (tertiary/aromatic N) is 3. The Bertz CT molecular complexity index is 816.